The van der Waals surface area contributed by atoms with Crippen LogP contribution in [0.3, 0.4) is 0 Å². The second kappa shape index (κ2) is 5.79. The zero-order valence-corrected chi connectivity index (χ0v) is 12.3. The normalized spacial score (nSPS) is 12.3. The molecule has 0 N–H and O–H groups in total. The van der Waals surface area contributed by atoms with E-state index in [0.29, 0.717) is 5.69 Å². The Bertz CT molecular complexity index is 700. The average molecular weight is 333 g/mol. The zero-order chi connectivity index (χ0) is 17.4. The molecule has 0 saturated carbocycles. The highest BCUT2D eigenvalue weighted by atomic mass is 19.4. The Hall–Kier alpha value is -2.18. The second-order valence-electron chi connectivity index (χ2n) is 5.20. The molecule has 0 atom stereocenters. The van der Waals surface area contributed by atoms with Crippen molar-refractivity contribution in [2.75, 3.05) is 19.0 Å². The summed E-state index contributed by atoms with van der Waals surface area (Å²) in [6.45, 7) is 0. The Labute approximate surface area is 129 Å². The summed E-state index contributed by atoms with van der Waals surface area (Å²) in [5.74, 6) is 0. The van der Waals surface area contributed by atoms with Crippen LogP contribution in [0.5, 0.6) is 0 Å². The Morgan fingerprint density at radius 2 is 1.43 bits per heavy atom. The summed E-state index contributed by atoms with van der Waals surface area (Å²) in [7, 11) is 3.17. The van der Waals surface area contributed by atoms with E-state index >= 15 is 0 Å². The lowest BCUT2D eigenvalue weighted by Crippen LogP contribution is -2.13. The van der Waals surface area contributed by atoms with Crippen LogP contribution in [0.25, 0.3) is 11.1 Å². The molecule has 0 fully saturated rings. The molecule has 0 aliphatic heterocycles. The third-order valence-electron chi connectivity index (χ3n) is 3.33. The standard InChI is InChI=1S/C16H13F6N/c1-23(2)12-6-7-13(14(9-12)16(20,21)22)10-4-3-5-11(8-10)15(17,18)19/h3-9H,1-2H3. The van der Waals surface area contributed by atoms with Crippen molar-refractivity contribution >= 4 is 5.69 Å². The Balaban J connectivity index is 2.64. The molecular formula is C16H13F6N. The van der Waals surface area contributed by atoms with Crippen LogP contribution in [0, 0.1) is 0 Å². The number of rotatable bonds is 2. The highest BCUT2D eigenvalue weighted by Gasteiger charge is 2.35. The van der Waals surface area contributed by atoms with Crippen LogP contribution in [0.2, 0.25) is 0 Å². The molecule has 7 heteroatoms. The maximum absolute atomic E-state index is 13.3. The number of hydrogen-bond acceptors (Lipinski definition) is 1. The minimum absolute atomic E-state index is 0.127. The first-order valence-corrected chi connectivity index (χ1v) is 6.56. The number of hydrogen-bond donors (Lipinski definition) is 0. The summed E-state index contributed by atoms with van der Waals surface area (Å²) in [6.07, 6.45) is -9.28. The van der Waals surface area contributed by atoms with Crippen LogP contribution in [-0.2, 0) is 12.4 Å². The first-order chi connectivity index (χ1) is 10.5. The highest BCUT2D eigenvalue weighted by Crippen LogP contribution is 2.40. The molecule has 2 aromatic carbocycles. The highest BCUT2D eigenvalue weighted by molar-refractivity contribution is 5.72. The van der Waals surface area contributed by atoms with Gasteiger partial charge in [-0.15, -0.1) is 0 Å². The summed E-state index contributed by atoms with van der Waals surface area (Å²) in [6, 6.07) is 7.42. The molecule has 124 valence electrons. The van der Waals surface area contributed by atoms with Crippen molar-refractivity contribution in [2.45, 2.75) is 12.4 Å². The van der Waals surface area contributed by atoms with E-state index < -0.39 is 23.5 Å². The number of alkyl halides is 6. The van der Waals surface area contributed by atoms with Gasteiger partial charge in [0, 0.05) is 19.8 Å². The molecule has 0 heterocycles. The Kier molecular flexibility index (Phi) is 4.32. The van der Waals surface area contributed by atoms with Gasteiger partial charge in [-0.05, 0) is 35.4 Å². The lowest BCUT2D eigenvalue weighted by molar-refractivity contribution is -0.137. The maximum atomic E-state index is 13.3. The van der Waals surface area contributed by atoms with Crippen molar-refractivity contribution in [1.82, 2.24) is 0 Å². The fourth-order valence-electron chi connectivity index (χ4n) is 2.16. The SMILES string of the molecule is CN(C)c1ccc(-c2cccc(C(F)(F)F)c2)c(C(F)(F)F)c1. The van der Waals surface area contributed by atoms with Gasteiger partial charge in [0.25, 0.3) is 0 Å². The van der Waals surface area contributed by atoms with Crippen LogP contribution >= 0.6 is 0 Å². The van der Waals surface area contributed by atoms with Crippen LogP contribution in [0.1, 0.15) is 11.1 Å². The summed E-state index contributed by atoms with van der Waals surface area (Å²) in [4.78, 5) is 1.49. The van der Waals surface area contributed by atoms with Crippen molar-refractivity contribution in [3.8, 4) is 11.1 Å². The minimum atomic E-state index is -4.67. The minimum Gasteiger partial charge on any atom is -0.378 e. The van der Waals surface area contributed by atoms with E-state index in [4.69, 9.17) is 0 Å². The van der Waals surface area contributed by atoms with Crippen molar-refractivity contribution in [1.29, 1.82) is 0 Å². The molecule has 23 heavy (non-hydrogen) atoms. The first-order valence-electron chi connectivity index (χ1n) is 6.56. The quantitative estimate of drug-likeness (QED) is 0.660. The van der Waals surface area contributed by atoms with Crippen molar-refractivity contribution < 1.29 is 26.3 Å². The number of nitrogens with zero attached hydrogens (tertiary/aromatic N) is 1. The van der Waals surface area contributed by atoms with Crippen LogP contribution in [0.15, 0.2) is 42.5 Å². The summed E-state index contributed by atoms with van der Waals surface area (Å²) < 4.78 is 78.1. The number of anilines is 1. The lowest BCUT2D eigenvalue weighted by atomic mass is 9.97. The van der Waals surface area contributed by atoms with E-state index in [2.05, 4.69) is 0 Å². The third-order valence-corrected chi connectivity index (χ3v) is 3.33. The zero-order valence-electron chi connectivity index (χ0n) is 12.3. The Morgan fingerprint density at radius 1 is 0.783 bits per heavy atom. The molecule has 0 saturated heterocycles. The predicted octanol–water partition coefficient (Wildman–Crippen LogP) is 5.46. The fourth-order valence-corrected chi connectivity index (χ4v) is 2.16. The van der Waals surface area contributed by atoms with Gasteiger partial charge in [-0.2, -0.15) is 26.3 Å². The molecular weight excluding hydrogens is 320 g/mol. The molecule has 0 aliphatic rings. The smallest absolute Gasteiger partial charge is 0.378 e. The van der Waals surface area contributed by atoms with Gasteiger partial charge < -0.3 is 4.90 Å². The van der Waals surface area contributed by atoms with Gasteiger partial charge in [0.1, 0.15) is 0 Å². The Morgan fingerprint density at radius 3 is 1.96 bits per heavy atom. The largest absolute Gasteiger partial charge is 0.417 e. The van der Waals surface area contributed by atoms with E-state index in [0.717, 1.165) is 24.3 Å². The maximum Gasteiger partial charge on any atom is 0.417 e. The summed E-state index contributed by atoms with van der Waals surface area (Å²) >= 11 is 0. The van der Waals surface area contributed by atoms with Gasteiger partial charge in [0.2, 0.25) is 0 Å². The average Bonchev–Trinajstić information content (AvgIpc) is 2.45. The molecule has 0 radical (unpaired) electrons. The van der Waals surface area contributed by atoms with Crippen LogP contribution in [0.4, 0.5) is 32.0 Å². The van der Waals surface area contributed by atoms with Gasteiger partial charge in [-0.1, -0.05) is 18.2 Å². The molecule has 0 amide bonds. The van der Waals surface area contributed by atoms with Gasteiger partial charge in [0.05, 0.1) is 11.1 Å². The molecule has 1 nitrogen and oxygen atoms in total. The molecule has 0 unspecified atom stereocenters. The molecule has 0 aliphatic carbocycles. The van der Waals surface area contributed by atoms with E-state index in [9.17, 15) is 26.3 Å². The van der Waals surface area contributed by atoms with Crippen molar-refractivity contribution in [3.63, 3.8) is 0 Å². The monoisotopic (exact) mass is 333 g/mol. The lowest BCUT2D eigenvalue weighted by Gasteiger charge is -2.19. The third kappa shape index (κ3) is 3.78. The topological polar surface area (TPSA) is 3.24 Å². The van der Waals surface area contributed by atoms with Crippen LogP contribution in [-0.4, -0.2) is 14.1 Å². The van der Waals surface area contributed by atoms with Gasteiger partial charge in [0.15, 0.2) is 0 Å². The fraction of sp³-hybridized carbons (Fsp3) is 0.250. The summed E-state index contributed by atoms with van der Waals surface area (Å²) in [5.41, 5.74) is -2.05. The molecule has 2 rings (SSSR count). The van der Waals surface area contributed by atoms with Crippen LogP contribution < -0.4 is 4.90 Å². The molecule has 2 aromatic rings. The van der Waals surface area contributed by atoms with Crippen molar-refractivity contribution in [2.24, 2.45) is 0 Å². The van der Waals surface area contributed by atoms with Gasteiger partial charge in [-0.3, -0.25) is 0 Å². The molecule has 0 aromatic heterocycles. The second-order valence-corrected chi connectivity index (χ2v) is 5.20. The van der Waals surface area contributed by atoms with E-state index in [1.54, 1.807) is 14.1 Å². The van der Waals surface area contributed by atoms with E-state index in [1.165, 1.54) is 23.1 Å². The van der Waals surface area contributed by atoms with Gasteiger partial charge >= 0.3 is 12.4 Å². The first kappa shape index (κ1) is 17.2. The molecule has 0 bridgehead atoms. The molecule has 0 spiro atoms. The predicted molar refractivity (Wildman–Crippen MR) is 76.2 cm³/mol. The number of halogens is 6. The number of benzene rings is 2. The summed E-state index contributed by atoms with van der Waals surface area (Å²) in [5, 5.41) is 0. The van der Waals surface area contributed by atoms with Gasteiger partial charge in [-0.25, -0.2) is 0 Å². The van der Waals surface area contributed by atoms with E-state index in [1.807, 2.05) is 0 Å². The van der Waals surface area contributed by atoms with Crippen molar-refractivity contribution in [3.05, 3.63) is 53.6 Å². The van der Waals surface area contributed by atoms with E-state index in [-0.39, 0.29) is 11.1 Å².